The number of benzene rings is 2. The molecule has 1 aliphatic heterocycles. The number of ether oxygens (including phenoxy) is 1. The molecule has 0 fully saturated rings. The Bertz CT molecular complexity index is 966. The van der Waals surface area contributed by atoms with Crippen LogP contribution in [0.25, 0.3) is 0 Å². The molecular formula is C25H31NO4. The molecule has 0 spiro atoms. The van der Waals surface area contributed by atoms with Crippen molar-refractivity contribution in [3.8, 4) is 5.75 Å². The fourth-order valence-electron chi connectivity index (χ4n) is 4.18. The number of hydrogen-bond donors (Lipinski definition) is 1. The summed E-state index contributed by atoms with van der Waals surface area (Å²) in [6.07, 6.45) is 0.400. The van der Waals surface area contributed by atoms with Gasteiger partial charge in [-0.05, 0) is 55.9 Å². The fourth-order valence-corrected chi connectivity index (χ4v) is 4.18. The molecule has 1 amide bonds. The molecule has 1 heterocycles. The molecule has 1 atom stereocenters. The summed E-state index contributed by atoms with van der Waals surface area (Å²) < 4.78 is 6.05. The molecule has 2 aromatic carbocycles. The van der Waals surface area contributed by atoms with Crippen LogP contribution >= 0.6 is 0 Å². The number of amides is 1. The minimum absolute atomic E-state index is 0.212. The second-order valence-electron chi connectivity index (χ2n) is 8.56. The fraction of sp³-hybridized carbons (Fsp3) is 0.440. The van der Waals surface area contributed by atoms with Gasteiger partial charge in [-0.15, -0.1) is 0 Å². The van der Waals surface area contributed by atoms with Gasteiger partial charge in [0.1, 0.15) is 11.5 Å². The average Bonchev–Trinajstić information content (AvgIpc) is 2.87. The van der Waals surface area contributed by atoms with Gasteiger partial charge in [0.2, 0.25) is 0 Å². The molecule has 0 radical (unpaired) electrons. The highest BCUT2D eigenvalue weighted by atomic mass is 16.5. The maximum atomic E-state index is 13.1. The summed E-state index contributed by atoms with van der Waals surface area (Å²) in [5.41, 5.74) is 2.66. The number of carbonyl (C=O) groups excluding carboxylic acids is 2. The predicted octanol–water partition coefficient (Wildman–Crippen LogP) is 4.41. The average molecular weight is 410 g/mol. The zero-order valence-electron chi connectivity index (χ0n) is 18.5. The zero-order chi connectivity index (χ0) is 22.1. The van der Waals surface area contributed by atoms with E-state index >= 15 is 0 Å². The van der Waals surface area contributed by atoms with Crippen LogP contribution in [0.15, 0.2) is 36.4 Å². The first-order chi connectivity index (χ1) is 14.1. The summed E-state index contributed by atoms with van der Waals surface area (Å²) in [6, 6.07) is 11.7. The smallest absolute Gasteiger partial charge is 0.264 e. The number of fused-ring (bicyclic) bond motifs is 1. The molecule has 0 aliphatic carbocycles. The summed E-state index contributed by atoms with van der Waals surface area (Å²) in [5.74, 6) is 0.587. The lowest BCUT2D eigenvalue weighted by Gasteiger charge is -2.22. The highest BCUT2D eigenvalue weighted by Crippen LogP contribution is 2.44. The number of aliphatic hydroxyl groups is 1. The van der Waals surface area contributed by atoms with Gasteiger partial charge in [-0.3, -0.25) is 9.59 Å². The molecule has 1 aliphatic rings. The van der Waals surface area contributed by atoms with Crippen molar-refractivity contribution in [3.63, 3.8) is 0 Å². The number of carbonyl (C=O) groups is 2. The van der Waals surface area contributed by atoms with Gasteiger partial charge >= 0.3 is 0 Å². The van der Waals surface area contributed by atoms with Crippen molar-refractivity contribution in [2.45, 2.75) is 59.0 Å². The number of aryl methyl sites for hydroxylation is 2. The summed E-state index contributed by atoms with van der Waals surface area (Å²) in [7, 11) is 0. The van der Waals surface area contributed by atoms with Crippen LogP contribution in [0.1, 0.15) is 61.8 Å². The van der Waals surface area contributed by atoms with E-state index in [-0.39, 0.29) is 12.2 Å². The van der Waals surface area contributed by atoms with E-state index in [2.05, 4.69) is 26.0 Å². The van der Waals surface area contributed by atoms with E-state index in [1.54, 1.807) is 11.0 Å². The molecule has 0 saturated carbocycles. The highest BCUT2D eigenvalue weighted by molar-refractivity contribution is 6.09. The normalized spacial score (nSPS) is 18.1. The number of rotatable bonds is 8. The Hall–Kier alpha value is -2.66. The summed E-state index contributed by atoms with van der Waals surface area (Å²) >= 11 is 0. The molecule has 3 rings (SSSR count). The quantitative estimate of drug-likeness (QED) is 0.656. The van der Waals surface area contributed by atoms with E-state index in [1.807, 2.05) is 32.0 Å². The Labute approximate surface area is 178 Å². The van der Waals surface area contributed by atoms with Gasteiger partial charge in [-0.25, -0.2) is 0 Å². The molecular weight excluding hydrogens is 378 g/mol. The largest absolute Gasteiger partial charge is 0.493 e. The van der Waals surface area contributed by atoms with Gasteiger partial charge in [0.05, 0.1) is 12.3 Å². The van der Waals surface area contributed by atoms with Gasteiger partial charge in [0.25, 0.3) is 5.91 Å². The first kappa shape index (κ1) is 22.0. The number of hydrogen-bond acceptors (Lipinski definition) is 4. The second kappa shape index (κ2) is 8.60. The van der Waals surface area contributed by atoms with Crippen LogP contribution in [0, 0.1) is 13.8 Å². The number of nitrogens with zero attached hydrogens (tertiary/aromatic N) is 1. The van der Waals surface area contributed by atoms with Crippen LogP contribution < -0.4 is 9.64 Å². The van der Waals surface area contributed by atoms with Gasteiger partial charge in [-0.1, -0.05) is 44.2 Å². The van der Waals surface area contributed by atoms with Gasteiger partial charge in [-0.2, -0.15) is 0 Å². The molecule has 2 aromatic rings. The van der Waals surface area contributed by atoms with Crippen molar-refractivity contribution in [3.05, 3.63) is 58.7 Å². The summed E-state index contributed by atoms with van der Waals surface area (Å²) in [4.78, 5) is 26.4. The third kappa shape index (κ3) is 4.12. The number of para-hydroxylation sites is 1. The monoisotopic (exact) mass is 409 g/mol. The van der Waals surface area contributed by atoms with Crippen LogP contribution in [0.4, 0.5) is 5.69 Å². The van der Waals surface area contributed by atoms with Gasteiger partial charge in [0.15, 0.2) is 5.60 Å². The first-order valence-corrected chi connectivity index (χ1v) is 10.5. The Kier molecular flexibility index (Phi) is 6.32. The van der Waals surface area contributed by atoms with Crippen LogP contribution in [0.3, 0.4) is 0 Å². The Morgan fingerprint density at radius 2 is 1.93 bits per heavy atom. The number of Topliss-reactive ketones (excluding diaryl/α,β-unsaturated/α-hetero) is 1. The van der Waals surface area contributed by atoms with E-state index < -0.39 is 11.5 Å². The van der Waals surface area contributed by atoms with Gasteiger partial charge < -0.3 is 14.7 Å². The molecule has 1 unspecified atom stereocenters. The Morgan fingerprint density at radius 1 is 1.20 bits per heavy atom. The zero-order valence-corrected chi connectivity index (χ0v) is 18.5. The number of ketones is 1. The molecule has 30 heavy (non-hydrogen) atoms. The Balaban J connectivity index is 1.75. The van der Waals surface area contributed by atoms with Crippen molar-refractivity contribution in [2.24, 2.45) is 0 Å². The molecule has 1 N–H and O–H groups in total. The van der Waals surface area contributed by atoms with Crippen LogP contribution in [-0.4, -0.2) is 29.9 Å². The number of anilines is 1. The summed E-state index contributed by atoms with van der Waals surface area (Å²) in [5, 5.41) is 11.1. The minimum atomic E-state index is -1.78. The van der Waals surface area contributed by atoms with Crippen molar-refractivity contribution in [1.29, 1.82) is 0 Å². The van der Waals surface area contributed by atoms with Gasteiger partial charge in [0, 0.05) is 18.5 Å². The molecule has 0 aromatic heterocycles. The maximum absolute atomic E-state index is 13.1. The van der Waals surface area contributed by atoms with Crippen LogP contribution in [0.2, 0.25) is 0 Å². The summed E-state index contributed by atoms with van der Waals surface area (Å²) in [6.45, 7) is 10.5. The molecule has 0 saturated heterocycles. The lowest BCUT2D eigenvalue weighted by molar-refractivity contribution is -0.141. The standard InChI is InChI=1S/C25H31NO4/c1-16(2)20-11-10-17(3)14-22(20)30-13-7-12-26-23-18(4)8-6-9-21(23)25(29,24(26)28)15-19(5)27/h6,8-11,14,16,29H,7,12-13,15H2,1-5H3. The Morgan fingerprint density at radius 3 is 2.60 bits per heavy atom. The molecule has 0 bridgehead atoms. The lowest BCUT2D eigenvalue weighted by Crippen LogP contribution is -2.42. The van der Waals surface area contributed by atoms with E-state index in [0.29, 0.717) is 36.7 Å². The van der Waals surface area contributed by atoms with E-state index in [1.165, 1.54) is 6.92 Å². The van der Waals surface area contributed by atoms with Crippen molar-refractivity contribution < 1.29 is 19.4 Å². The third-order valence-corrected chi connectivity index (χ3v) is 5.63. The maximum Gasteiger partial charge on any atom is 0.264 e. The topological polar surface area (TPSA) is 66.8 Å². The van der Waals surface area contributed by atoms with Crippen molar-refractivity contribution in [1.82, 2.24) is 0 Å². The van der Waals surface area contributed by atoms with Crippen molar-refractivity contribution >= 4 is 17.4 Å². The molecule has 5 heteroatoms. The third-order valence-electron chi connectivity index (χ3n) is 5.63. The second-order valence-corrected chi connectivity index (χ2v) is 8.56. The van der Waals surface area contributed by atoms with E-state index in [0.717, 1.165) is 22.4 Å². The molecule has 160 valence electrons. The molecule has 5 nitrogen and oxygen atoms in total. The SMILES string of the molecule is CC(=O)CC1(O)C(=O)N(CCCOc2cc(C)ccc2C(C)C)c2c(C)cccc21. The first-order valence-electron chi connectivity index (χ1n) is 10.5. The lowest BCUT2D eigenvalue weighted by atomic mass is 9.89. The predicted molar refractivity (Wildman–Crippen MR) is 118 cm³/mol. The minimum Gasteiger partial charge on any atom is -0.493 e. The van der Waals surface area contributed by atoms with Crippen molar-refractivity contribution in [2.75, 3.05) is 18.1 Å². The highest BCUT2D eigenvalue weighted by Gasteiger charge is 2.50. The van der Waals surface area contributed by atoms with E-state index in [9.17, 15) is 14.7 Å². The van der Waals surface area contributed by atoms with Crippen LogP contribution in [-0.2, 0) is 15.2 Å². The van der Waals surface area contributed by atoms with Crippen LogP contribution in [0.5, 0.6) is 5.75 Å². The van der Waals surface area contributed by atoms with E-state index in [4.69, 9.17) is 4.74 Å².